The van der Waals surface area contributed by atoms with Crippen LogP contribution in [0.1, 0.15) is 40.2 Å². The van der Waals surface area contributed by atoms with Gasteiger partial charge in [0, 0.05) is 54.9 Å². The molecule has 0 bridgehead atoms. The fraction of sp³-hybridized carbons (Fsp3) is 0.310. The van der Waals surface area contributed by atoms with Gasteiger partial charge in [-0.25, -0.2) is 9.37 Å². The van der Waals surface area contributed by atoms with Crippen molar-refractivity contribution in [2.24, 2.45) is 0 Å². The Bertz CT molecular complexity index is 1430. The molecule has 1 aliphatic heterocycles. The number of anilines is 4. The van der Waals surface area contributed by atoms with E-state index in [1.807, 2.05) is 42.2 Å². The highest BCUT2D eigenvalue weighted by Gasteiger charge is 2.26. The van der Waals surface area contributed by atoms with Gasteiger partial charge in [0.05, 0.1) is 5.69 Å². The molecule has 9 nitrogen and oxygen atoms in total. The maximum absolute atomic E-state index is 13.5. The molecule has 3 heterocycles. The third-order valence-corrected chi connectivity index (χ3v) is 6.94. The molecule has 0 atom stereocenters. The van der Waals surface area contributed by atoms with E-state index in [1.54, 1.807) is 31.3 Å². The lowest BCUT2D eigenvalue weighted by atomic mass is 10.0. The number of likely N-dealkylation sites (tertiary alicyclic amines) is 1. The molecule has 5 rings (SSSR count). The summed E-state index contributed by atoms with van der Waals surface area (Å²) in [6.45, 7) is 5.77. The second kappa shape index (κ2) is 11.6. The number of benzene rings is 2. The summed E-state index contributed by atoms with van der Waals surface area (Å²) < 4.78 is 18.7. The highest BCUT2D eigenvalue weighted by molar-refractivity contribution is 5.94. The number of rotatable bonds is 8. The van der Waals surface area contributed by atoms with Crippen LogP contribution in [0.15, 0.2) is 65.3 Å². The number of aryl methyl sites for hydroxylation is 2. The highest BCUT2D eigenvalue weighted by atomic mass is 19.1. The van der Waals surface area contributed by atoms with E-state index in [0.717, 1.165) is 42.2 Å². The van der Waals surface area contributed by atoms with E-state index in [9.17, 15) is 9.18 Å². The van der Waals surface area contributed by atoms with Crippen molar-refractivity contribution >= 4 is 29.0 Å². The van der Waals surface area contributed by atoms with Crippen molar-refractivity contribution in [1.82, 2.24) is 24.9 Å². The van der Waals surface area contributed by atoms with Crippen molar-refractivity contribution in [3.05, 3.63) is 89.2 Å². The molecule has 10 heteroatoms. The standard InChI is InChI=1S/C29H32FN7O2/c1-19-16-23(8-9-26(19)30)32-27-10-13-31-29(34-27)33-22-6-4-21(5-7-22)28(38)37-14-11-25(12-15-37)36(3)18-24-17-20(2)39-35-24/h4-10,13,16-17,25H,11-12,14-15,18H2,1-3H3,(H2,31,32,33,34). The fourth-order valence-electron chi connectivity index (χ4n) is 4.75. The zero-order valence-electron chi connectivity index (χ0n) is 22.3. The summed E-state index contributed by atoms with van der Waals surface area (Å²) in [6, 6.07) is 16.2. The van der Waals surface area contributed by atoms with Gasteiger partial charge in [0.15, 0.2) is 0 Å². The van der Waals surface area contributed by atoms with E-state index in [4.69, 9.17) is 4.52 Å². The monoisotopic (exact) mass is 529 g/mol. The van der Waals surface area contributed by atoms with Gasteiger partial charge >= 0.3 is 0 Å². The summed E-state index contributed by atoms with van der Waals surface area (Å²) in [5, 5.41) is 10.4. The zero-order chi connectivity index (χ0) is 27.4. The Morgan fingerprint density at radius 3 is 2.49 bits per heavy atom. The molecule has 2 aromatic carbocycles. The van der Waals surface area contributed by atoms with E-state index in [2.05, 4.69) is 37.7 Å². The summed E-state index contributed by atoms with van der Waals surface area (Å²) in [4.78, 5) is 26.1. The van der Waals surface area contributed by atoms with E-state index in [1.165, 1.54) is 6.07 Å². The van der Waals surface area contributed by atoms with Crippen LogP contribution in [0.4, 0.5) is 27.5 Å². The molecule has 39 heavy (non-hydrogen) atoms. The van der Waals surface area contributed by atoms with Crippen molar-refractivity contribution in [2.45, 2.75) is 39.3 Å². The Morgan fingerprint density at radius 2 is 1.79 bits per heavy atom. The van der Waals surface area contributed by atoms with E-state index in [0.29, 0.717) is 42.0 Å². The van der Waals surface area contributed by atoms with Crippen LogP contribution in [0.5, 0.6) is 0 Å². The van der Waals surface area contributed by atoms with Gasteiger partial charge in [-0.15, -0.1) is 0 Å². The maximum atomic E-state index is 13.5. The van der Waals surface area contributed by atoms with Gasteiger partial charge in [0.1, 0.15) is 17.4 Å². The number of nitrogens with zero attached hydrogens (tertiary/aromatic N) is 5. The first-order valence-corrected chi connectivity index (χ1v) is 13.0. The Morgan fingerprint density at radius 1 is 1.05 bits per heavy atom. The van der Waals surface area contributed by atoms with Crippen LogP contribution in [-0.2, 0) is 6.54 Å². The maximum Gasteiger partial charge on any atom is 0.253 e. The Hall–Kier alpha value is -4.31. The molecule has 2 aromatic heterocycles. The molecule has 0 unspecified atom stereocenters. The molecule has 0 radical (unpaired) electrons. The molecule has 4 aromatic rings. The minimum absolute atomic E-state index is 0.0341. The lowest BCUT2D eigenvalue weighted by Crippen LogP contribution is -2.45. The molecule has 0 saturated carbocycles. The number of piperidine rings is 1. The largest absolute Gasteiger partial charge is 0.361 e. The summed E-state index contributed by atoms with van der Waals surface area (Å²) in [5.41, 5.74) is 3.63. The van der Waals surface area contributed by atoms with E-state index >= 15 is 0 Å². The minimum Gasteiger partial charge on any atom is -0.361 e. The first-order chi connectivity index (χ1) is 18.8. The quantitative estimate of drug-likeness (QED) is 0.311. The normalized spacial score (nSPS) is 14.0. The number of aromatic nitrogens is 3. The Labute approximate surface area is 227 Å². The van der Waals surface area contributed by atoms with Gasteiger partial charge in [0.2, 0.25) is 5.95 Å². The number of nitrogens with one attached hydrogen (secondary N) is 2. The second-order valence-electron chi connectivity index (χ2n) is 9.92. The predicted octanol–water partition coefficient (Wildman–Crippen LogP) is 5.44. The number of halogens is 1. The van der Waals surface area contributed by atoms with Gasteiger partial charge in [-0.2, -0.15) is 4.98 Å². The van der Waals surface area contributed by atoms with Gasteiger partial charge in [-0.05, 0) is 87.8 Å². The Balaban J connectivity index is 1.14. The van der Waals surface area contributed by atoms with Gasteiger partial charge in [0.25, 0.3) is 5.91 Å². The van der Waals surface area contributed by atoms with Crippen LogP contribution in [-0.4, -0.2) is 57.0 Å². The van der Waals surface area contributed by atoms with Crippen LogP contribution in [0.3, 0.4) is 0 Å². The summed E-state index contributed by atoms with van der Waals surface area (Å²) in [5.74, 6) is 1.58. The topological polar surface area (TPSA) is 99.4 Å². The van der Waals surface area contributed by atoms with E-state index < -0.39 is 0 Å². The Kier molecular flexibility index (Phi) is 7.83. The first-order valence-electron chi connectivity index (χ1n) is 13.0. The summed E-state index contributed by atoms with van der Waals surface area (Å²) >= 11 is 0. The van der Waals surface area contributed by atoms with Crippen molar-refractivity contribution in [2.75, 3.05) is 30.8 Å². The average molecular weight is 530 g/mol. The third-order valence-electron chi connectivity index (χ3n) is 6.94. The number of amides is 1. The summed E-state index contributed by atoms with van der Waals surface area (Å²) in [7, 11) is 2.09. The van der Waals surface area contributed by atoms with Crippen LogP contribution in [0, 0.1) is 19.7 Å². The van der Waals surface area contributed by atoms with E-state index in [-0.39, 0.29) is 11.7 Å². The molecule has 1 saturated heterocycles. The highest BCUT2D eigenvalue weighted by Crippen LogP contribution is 2.22. The van der Waals surface area contributed by atoms with Crippen molar-refractivity contribution in [3.8, 4) is 0 Å². The fourth-order valence-corrected chi connectivity index (χ4v) is 4.75. The molecule has 0 spiro atoms. The molecule has 1 aliphatic rings. The van der Waals surface area contributed by atoms with Gasteiger partial charge < -0.3 is 20.1 Å². The van der Waals surface area contributed by atoms with Crippen LogP contribution < -0.4 is 10.6 Å². The SMILES string of the molecule is Cc1cc(CN(C)C2CCN(C(=O)c3ccc(Nc4nccc(Nc5ccc(F)c(C)c5)n4)cc3)CC2)no1. The van der Waals surface area contributed by atoms with Crippen LogP contribution in [0.25, 0.3) is 0 Å². The van der Waals surface area contributed by atoms with Crippen molar-refractivity contribution in [3.63, 3.8) is 0 Å². The summed E-state index contributed by atoms with van der Waals surface area (Å²) in [6.07, 6.45) is 3.47. The molecular weight excluding hydrogens is 497 g/mol. The first kappa shape index (κ1) is 26.3. The van der Waals surface area contributed by atoms with Gasteiger partial charge in [-0.1, -0.05) is 5.16 Å². The van der Waals surface area contributed by atoms with Gasteiger partial charge in [-0.3, -0.25) is 9.69 Å². The van der Waals surface area contributed by atoms with Crippen LogP contribution >= 0.6 is 0 Å². The average Bonchev–Trinajstić information content (AvgIpc) is 3.35. The van der Waals surface area contributed by atoms with Crippen molar-refractivity contribution in [1.29, 1.82) is 0 Å². The second-order valence-corrected chi connectivity index (χ2v) is 9.92. The molecule has 2 N–H and O–H groups in total. The van der Waals surface area contributed by atoms with Crippen molar-refractivity contribution < 1.29 is 13.7 Å². The van der Waals surface area contributed by atoms with Crippen LogP contribution in [0.2, 0.25) is 0 Å². The zero-order valence-corrected chi connectivity index (χ0v) is 22.3. The lowest BCUT2D eigenvalue weighted by molar-refractivity contribution is 0.0637. The molecule has 1 fully saturated rings. The number of hydrogen-bond donors (Lipinski definition) is 2. The predicted molar refractivity (Wildman–Crippen MR) is 148 cm³/mol. The number of hydrogen-bond acceptors (Lipinski definition) is 8. The number of carbonyl (C=O) groups excluding carboxylic acids is 1. The minimum atomic E-state index is -0.251. The molecule has 202 valence electrons. The molecule has 0 aliphatic carbocycles. The third kappa shape index (κ3) is 6.58. The number of carbonyl (C=O) groups is 1. The lowest BCUT2D eigenvalue weighted by Gasteiger charge is -2.36. The molecule has 1 amide bonds. The molecular formula is C29H32FN7O2. The smallest absolute Gasteiger partial charge is 0.253 e.